The molecular weight excluding hydrogens is 488 g/mol. The number of aliphatic hydroxyl groups is 1. The summed E-state index contributed by atoms with van der Waals surface area (Å²) in [5.41, 5.74) is 9.28. The number of pyridine rings is 1. The maximum Gasteiger partial charge on any atom is 0.255 e. The molecule has 2 heterocycles. The summed E-state index contributed by atoms with van der Waals surface area (Å²) in [5.74, 6) is 0.317. The van der Waals surface area contributed by atoms with Crippen molar-refractivity contribution in [2.45, 2.75) is 13.5 Å². The van der Waals surface area contributed by atoms with E-state index in [1.54, 1.807) is 36.4 Å². The molecule has 0 aliphatic carbocycles. The van der Waals surface area contributed by atoms with E-state index in [4.69, 9.17) is 27.2 Å². The minimum atomic E-state index is -0.328. The van der Waals surface area contributed by atoms with E-state index in [1.165, 1.54) is 17.5 Å². The Bertz CT molecular complexity index is 1390. The van der Waals surface area contributed by atoms with Crippen molar-refractivity contribution in [1.29, 1.82) is 0 Å². The van der Waals surface area contributed by atoms with Gasteiger partial charge in [0.05, 0.1) is 16.9 Å². The summed E-state index contributed by atoms with van der Waals surface area (Å²) in [6, 6.07) is 12.0. The standard InChI is InChI=1S/C25H23ClN4O4S/c1-14-2-7-18(30-24(32)15-3-5-17(26)6-4-15)10-20(14)34-12-16-13-35-22-19(25(33)28-8-9-31)11-29-23(27)21(16)22/h2-7,10-11,13,31H,8-9,12H2,1H3,(H2,27,29)(H,28,33)(H,30,32). The van der Waals surface area contributed by atoms with E-state index in [-0.39, 0.29) is 31.6 Å². The number of halogens is 1. The molecule has 0 atom stereocenters. The van der Waals surface area contributed by atoms with Gasteiger partial charge in [-0.05, 0) is 48.2 Å². The number of hydrogen-bond donors (Lipinski definition) is 4. The van der Waals surface area contributed by atoms with E-state index in [2.05, 4.69) is 15.6 Å². The van der Waals surface area contributed by atoms with Gasteiger partial charge in [0.2, 0.25) is 0 Å². The van der Waals surface area contributed by atoms with Gasteiger partial charge in [-0.1, -0.05) is 17.7 Å². The van der Waals surface area contributed by atoms with E-state index < -0.39 is 0 Å². The Hall–Kier alpha value is -3.66. The molecule has 0 fully saturated rings. The molecule has 0 unspecified atom stereocenters. The van der Waals surface area contributed by atoms with Crippen LogP contribution in [0.4, 0.5) is 11.5 Å². The van der Waals surface area contributed by atoms with Crippen LogP contribution in [0.1, 0.15) is 31.8 Å². The van der Waals surface area contributed by atoms with Crippen molar-refractivity contribution in [1.82, 2.24) is 10.3 Å². The number of aliphatic hydroxyl groups excluding tert-OH is 1. The second kappa shape index (κ2) is 10.7. The number of thiophene rings is 1. The number of aromatic nitrogens is 1. The number of nitrogens with two attached hydrogens (primary N) is 1. The SMILES string of the molecule is Cc1ccc(NC(=O)c2ccc(Cl)cc2)cc1OCc1csc2c(C(=O)NCCO)cnc(N)c12. The van der Waals surface area contributed by atoms with Gasteiger partial charge in [-0.15, -0.1) is 11.3 Å². The quantitative estimate of drug-likeness (QED) is 0.278. The van der Waals surface area contributed by atoms with E-state index >= 15 is 0 Å². The highest BCUT2D eigenvalue weighted by molar-refractivity contribution is 7.17. The fourth-order valence-electron chi connectivity index (χ4n) is 3.46. The molecule has 0 aliphatic heterocycles. The molecule has 0 saturated carbocycles. The number of nitrogen functional groups attached to an aromatic ring is 1. The minimum Gasteiger partial charge on any atom is -0.489 e. The van der Waals surface area contributed by atoms with Crippen LogP contribution in [0.15, 0.2) is 54.0 Å². The smallest absolute Gasteiger partial charge is 0.255 e. The van der Waals surface area contributed by atoms with Gasteiger partial charge < -0.3 is 26.2 Å². The first-order valence-electron chi connectivity index (χ1n) is 10.7. The van der Waals surface area contributed by atoms with Gasteiger partial charge in [0, 0.05) is 46.0 Å². The van der Waals surface area contributed by atoms with E-state index in [0.29, 0.717) is 43.5 Å². The number of ether oxygens (including phenoxy) is 1. The molecule has 4 aromatic rings. The summed E-state index contributed by atoms with van der Waals surface area (Å²) in [4.78, 5) is 29.2. The zero-order valence-corrected chi connectivity index (χ0v) is 20.4. The molecule has 5 N–H and O–H groups in total. The molecule has 10 heteroatoms. The van der Waals surface area contributed by atoms with Crippen LogP contribution in [-0.2, 0) is 6.61 Å². The minimum absolute atomic E-state index is 0.149. The van der Waals surface area contributed by atoms with Crippen LogP contribution in [0.5, 0.6) is 5.75 Å². The Balaban J connectivity index is 1.52. The third-order valence-corrected chi connectivity index (χ3v) is 6.59. The second-order valence-electron chi connectivity index (χ2n) is 7.73. The number of benzene rings is 2. The number of rotatable bonds is 8. The van der Waals surface area contributed by atoms with Crippen molar-refractivity contribution < 1.29 is 19.4 Å². The predicted molar refractivity (Wildman–Crippen MR) is 138 cm³/mol. The van der Waals surface area contributed by atoms with Crippen molar-refractivity contribution in [3.05, 3.63) is 81.3 Å². The number of anilines is 2. The lowest BCUT2D eigenvalue weighted by Crippen LogP contribution is -2.26. The monoisotopic (exact) mass is 510 g/mol. The summed E-state index contributed by atoms with van der Waals surface area (Å²) in [7, 11) is 0. The van der Waals surface area contributed by atoms with Crippen LogP contribution in [0.2, 0.25) is 5.02 Å². The zero-order valence-electron chi connectivity index (χ0n) is 18.8. The number of nitrogens with zero attached hydrogens (tertiary/aromatic N) is 1. The van der Waals surface area contributed by atoms with Crippen LogP contribution >= 0.6 is 22.9 Å². The summed E-state index contributed by atoms with van der Waals surface area (Å²) >= 11 is 7.27. The maximum atomic E-state index is 12.5. The van der Waals surface area contributed by atoms with Crippen LogP contribution in [0.25, 0.3) is 10.1 Å². The highest BCUT2D eigenvalue weighted by atomic mass is 35.5. The van der Waals surface area contributed by atoms with Crippen molar-refractivity contribution in [2.24, 2.45) is 0 Å². The molecule has 8 nitrogen and oxygen atoms in total. The number of fused-ring (bicyclic) bond motifs is 1. The summed E-state index contributed by atoms with van der Waals surface area (Å²) in [6.07, 6.45) is 1.43. The normalized spacial score (nSPS) is 10.8. The van der Waals surface area contributed by atoms with Crippen LogP contribution < -0.4 is 21.1 Å². The predicted octanol–water partition coefficient (Wildman–Crippen LogP) is 4.39. The first-order valence-corrected chi connectivity index (χ1v) is 12.0. The molecule has 2 amide bonds. The van der Waals surface area contributed by atoms with Gasteiger partial charge in [-0.25, -0.2) is 4.98 Å². The third-order valence-electron chi connectivity index (χ3n) is 5.28. The van der Waals surface area contributed by atoms with Gasteiger partial charge in [-0.2, -0.15) is 0 Å². The fourth-order valence-corrected chi connectivity index (χ4v) is 4.65. The van der Waals surface area contributed by atoms with Gasteiger partial charge in [0.25, 0.3) is 11.8 Å². The van der Waals surface area contributed by atoms with E-state index in [9.17, 15) is 9.59 Å². The first-order chi connectivity index (χ1) is 16.9. The molecular formula is C25H23ClN4O4S. The third kappa shape index (κ3) is 5.54. The summed E-state index contributed by atoms with van der Waals surface area (Å²) in [5, 5.41) is 17.6. The molecule has 0 spiro atoms. The molecule has 4 rings (SSSR count). The van der Waals surface area contributed by atoms with Crippen molar-refractivity contribution in [3.8, 4) is 5.75 Å². The van der Waals surface area contributed by atoms with Crippen molar-refractivity contribution in [2.75, 3.05) is 24.2 Å². The lowest BCUT2D eigenvalue weighted by molar-refractivity contribution is 0.0945. The highest BCUT2D eigenvalue weighted by Gasteiger charge is 2.18. The second-order valence-corrected chi connectivity index (χ2v) is 9.05. The van der Waals surface area contributed by atoms with Gasteiger partial charge >= 0.3 is 0 Å². The van der Waals surface area contributed by atoms with Crippen LogP contribution in [-0.4, -0.2) is 35.1 Å². The van der Waals surface area contributed by atoms with Crippen LogP contribution in [0.3, 0.4) is 0 Å². The maximum absolute atomic E-state index is 12.5. The average molecular weight is 511 g/mol. The fraction of sp³-hybridized carbons (Fsp3) is 0.160. The van der Waals surface area contributed by atoms with Crippen molar-refractivity contribution in [3.63, 3.8) is 0 Å². The largest absolute Gasteiger partial charge is 0.489 e. The topological polar surface area (TPSA) is 127 Å². The van der Waals surface area contributed by atoms with Gasteiger partial charge in [-0.3, -0.25) is 9.59 Å². The van der Waals surface area contributed by atoms with Crippen LogP contribution in [0, 0.1) is 6.92 Å². The van der Waals surface area contributed by atoms with E-state index in [1.807, 2.05) is 18.4 Å². The molecule has 0 radical (unpaired) electrons. The lowest BCUT2D eigenvalue weighted by Gasteiger charge is -2.12. The number of carbonyl (C=O) groups excluding carboxylic acids is 2. The lowest BCUT2D eigenvalue weighted by atomic mass is 10.1. The van der Waals surface area contributed by atoms with Gasteiger partial charge in [0.15, 0.2) is 0 Å². The Morgan fingerprint density at radius 2 is 1.94 bits per heavy atom. The zero-order chi connectivity index (χ0) is 24.9. The van der Waals surface area contributed by atoms with E-state index in [0.717, 1.165) is 11.1 Å². The first kappa shape index (κ1) is 24.5. The Labute approximate surface area is 210 Å². The highest BCUT2D eigenvalue weighted by Crippen LogP contribution is 2.34. The Morgan fingerprint density at radius 1 is 1.17 bits per heavy atom. The molecule has 2 aromatic carbocycles. The number of nitrogens with one attached hydrogen (secondary N) is 2. The molecule has 35 heavy (non-hydrogen) atoms. The molecule has 0 aliphatic rings. The van der Waals surface area contributed by atoms with Gasteiger partial charge in [0.1, 0.15) is 18.2 Å². The number of aryl methyl sites for hydroxylation is 1. The molecule has 2 aromatic heterocycles. The van der Waals surface area contributed by atoms with Crippen molar-refractivity contribution >= 4 is 56.3 Å². The number of amides is 2. The molecule has 180 valence electrons. The Kier molecular flexibility index (Phi) is 7.50. The summed E-state index contributed by atoms with van der Waals surface area (Å²) < 4.78 is 6.78. The number of hydrogen-bond acceptors (Lipinski definition) is 7. The Morgan fingerprint density at radius 3 is 2.69 bits per heavy atom. The summed E-state index contributed by atoms with van der Waals surface area (Å²) in [6.45, 7) is 2.10. The molecule has 0 bridgehead atoms. The molecule has 0 saturated heterocycles. The average Bonchev–Trinajstić information content (AvgIpc) is 3.28. The number of carbonyl (C=O) groups is 2.